The number of hydrogen-bond donors (Lipinski definition) is 3. The Morgan fingerprint density at radius 1 is 0.968 bits per heavy atom. The third-order valence-electron chi connectivity index (χ3n) is 3.64. The second-order valence-corrected chi connectivity index (χ2v) is 6.64. The fourth-order valence-corrected chi connectivity index (χ4v) is 2.72. The maximum atomic E-state index is 12.9. The summed E-state index contributed by atoms with van der Waals surface area (Å²) >= 11 is 11.9. The van der Waals surface area contributed by atoms with Crippen LogP contribution in [0.15, 0.2) is 47.6 Å². The van der Waals surface area contributed by atoms with E-state index >= 15 is 0 Å². The van der Waals surface area contributed by atoms with Gasteiger partial charge in [-0.25, -0.2) is 5.43 Å². The molecule has 1 aromatic heterocycles. The van der Waals surface area contributed by atoms with Gasteiger partial charge in [-0.2, -0.15) is 33.2 Å². The summed E-state index contributed by atoms with van der Waals surface area (Å²) in [6.45, 7) is 0. The second-order valence-electron chi connectivity index (χ2n) is 5.80. The topological polar surface area (TPSA) is 87.1 Å². The molecular formula is C18H15Cl3F3N7. The molecule has 0 atom stereocenters. The Balaban J connectivity index is 0.00000341. The van der Waals surface area contributed by atoms with E-state index in [9.17, 15) is 13.2 Å². The first-order valence-electron chi connectivity index (χ1n) is 8.37. The average Bonchev–Trinajstić information content (AvgIpc) is 2.69. The van der Waals surface area contributed by atoms with E-state index in [4.69, 9.17) is 23.2 Å². The van der Waals surface area contributed by atoms with E-state index in [0.29, 0.717) is 15.6 Å². The molecule has 2 aromatic carbocycles. The van der Waals surface area contributed by atoms with E-state index in [0.717, 1.165) is 12.1 Å². The fourth-order valence-electron chi connectivity index (χ4n) is 2.26. The molecule has 0 amide bonds. The molecule has 3 rings (SSSR count). The molecule has 3 aromatic rings. The lowest BCUT2D eigenvalue weighted by molar-refractivity contribution is -0.137. The minimum atomic E-state index is -4.46. The van der Waals surface area contributed by atoms with Crippen molar-refractivity contribution < 1.29 is 13.2 Å². The van der Waals surface area contributed by atoms with Gasteiger partial charge in [0.15, 0.2) is 0 Å². The first kappa shape index (κ1) is 24.4. The van der Waals surface area contributed by atoms with Crippen molar-refractivity contribution in [3.63, 3.8) is 0 Å². The van der Waals surface area contributed by atoms with E-state index < -0.39 is 11.7 Å². The number of aromatic nitrogens is 3. The van der Waals surface area contributed by atoms with Crippen molar-refractivity contribution >= 4 is 65.4 Å². The molecule has 0 fully saturated rings. The molecule has 0 saturated heterocycles. The van der Waals surface area contributed by atoms with Crippen LogP contribution in [0.5, 0.6) is 0 Å². The second kappa shape index (κ2) is 10.5. The van der Waals surface area contributed by atoms with Gasteiger partial charge in [0, 0.05) is 23.3 Å². The van der Waals surface area contributed by atoms with Crippen LogP contribution in [0, 0.1) is 0 Å². The van der Waals surface area contributed by atoms with Gasteiger partial charge in [0.25, 0.3) is 0 Å². The highest BCUT2D eigenvalue weighted by atomic mass is 35.5. The molecule has 0 saturated carbocycles. The molecular weight excluding hydrogens is 478 g/mol. The lowest BCUT2D eigenvalue weighted by atomic mass is 10.2. The number of alkyl halides is 3. The van der Waals surface area contributed by atoms with E-state index in [-0.39, 0.29) is 35.9 Å². The molecule has 0 aliphatic heterocycles. The molecule has 0 aliphatic rings. The molecule has 0 spiro atoms. The summed E-state index contributed by atoms with van der Waals surface area (Å²) in [5.74, 6) is 0.266. The van der Waals surface area contributed by atoms with E-state index in [1.165, 1.54) is 18.3 Å². The van der Waals surface area contributed by atoms with Crippen LogP contribution in [0.2, 0.25) is 10.0 Å². The zero-order valence-electron chi connectivity index (χ0n) is 15.7. The van der Waals surface area contributed by atoms with Crippen LogP contribution in [0.3, 0.4) is 0 Å². The van der Waals surface area contributed by atoms with Crippen molar-refractivity contribution in [3.05, 3.63) is 63.6 Å². The molecule has 0 bridgehead atoms. The average molecular weight is 493 g/mol. The minimum absolute atomic E-state index is 0. The summed E-state index contributed by atoms with van der Waals surface area (Å²) < 4.78 is 38.7. The highest BCUT2D eigenvalue weighted by Crippen LogP contribution is 2.31. The van der Waals surface area contributed by atoms with E-state index in [1.54, 1.807) is 25.2 Å². The SMILES string of the molecule is CNc1nc(NN=Cc2ccc(Cl)cc2Cl)nc(Nc2cccc(C(F)(F)F)c2)n1.Cl. The number of rotatable bonds is 6. The Morgan fingerprint density at radius 3 is 2.35 bits per heavy atom. The summed E-state index contributed by atoms with van der Waals surface area (Å²) in [4.78, 5) is 12.3. The molecule has 13 heteroatoms. The number of nitrogens with zero attached hydrogens (tertiary/aromatic N) is 4. The monoisotopic (exact) mass is 491 g/mol. The number of halogens is 6. The minimum Gasteiger partial charge on any atom is -0.357 e. The molecule has 1 heterocycles. The van der Waals surface area contributed by atoms with Crippen LogP contribution in [0.25, 0.3) is 0 Å². The molecule has 0 unspecified atom stereocenters. The Labute approximate surface area is 191 Å². The number of nitrogens with one attached hydrogen (secondary N) is 3. The highest BCUT2D eigenvalue weighted by Gasteiger charge is 2.30. The quantitative estimate of drug-likeness (QED) is 0.296. The van der Waals surface area contributed by atoms with Gasteiger partial charge in [-0.1, -0.05) is 35.3 Å². The Morgan fingerprint density at radius 2 is 1.68 bits per heavy atom. The van der Waals surface area contributed by atoms with Crippen molar-refractivity contribution in [2.24, 2.45) is 5.10 Å². The first-order valence-corrected chi connectivity index (χ1v) is 9.12. The number of benzene rings is 2. The van der Waals surface area contributed by atoms with Crippen LogP contribution in [-0.4, -0.2) is 28.2 Å². The van der Waals surface area contributed by atoms with Crippen LogP contribution < -0.4 is 16.1 Å². The van der Waals surface area contributed by atoms with Gasteiger partial charge in [0.2, 0.25) is 17.8 Å². The van der Waals surface area contributed by atoms with Gasteiger partial charge < -0.3 is 10.6 Å². The van der Waals surface area contributed by atoms with Gasteiger partial charge in [0.05, 0.1) is 16.8 Å². The van der Waals surface area contributed by atoms with Crippen molar-refractivity contribution in [1.29, 1.82) is 0 Å². The Hall–Kier alpha value is -2.82. The number of anilines is 4. The number of hydrogen-bond acceptors (Lipinski definition) is 7. The van der Waals surface area contributed by atoms with Crippen molar-refractivity contribution in [3.8, 4) is 0 Å². The summed E-state index contributed by atoms with van der Waals surface area (Å²) in [5.41, 5.74) is 2.61. The number of hydrazone groups is 1. The molecule has 164 valence electrons. The molecule has 3 N–H and O–H groups in total. The fraction of sp³-hybridized carbons (Fsp3) is 0.111. The van der Waals surface area contributed by atoms with Gasteiger partial charge in [-0.15, -0.1) is 12.4 Å². The lowest BCUT2D eigenvalue weighted by Gasteiger charge is -2.11. The lowest BCUT2D eigenvalue weighted by Crippen LogP contribution is -2.08. The molecule has 31 heavy (non-hydrogen) atoms. The van der Waals surface area contributed by atoms with Gasteiger partial charge in [-0.05, 0) is 30.3 Å². The maximum absolute atomic E-state index is 12.9. The highest BCUT2D eigenvalue weighted by molar-refractivity contribution is 6.36. The third kappa shape index (κ3) is 6.84. The third-order valence-corrected chi connectivity index (χ3v) is 4.20. The summed E-state index contributed by atoms with van der Waals surface area (Å²) in [7, 11) is 1.59. The predicted octanol–water partition coefficient (Wildman–Crippen LogP) is 5.85. The standard InChI is InChI=1S/C18H14Cl2F3N7.ClH/c1-24-15-27-16(26-13-4-2-3-11(7-13)18(21,22)23)29-17(28-15)30-25-9-10-5-6-12(19)8-14(10)20;/h2-9H,1H3,(H3,24,26,27,28,29,30);1H. The van der Waals surface area contributed by atoms with Crippen LogP contribution in [-0.2, 0) is 6.18 Å². The summed E-state index contributed by atoms with van der Waals surface area (Å²) in [5, 5.41) is 10.4. The summed E-state index contributed by atoms with van der Waals surface area (Å²) in [6, 6.07) is 9.59. The first-order chi connectivity index (χ1) is 14.2. The van der Waals surface area contributed by atoms with E-state index in [1.807, 2.05) is 0 Å². The normalized spacial score (nSPS) is 11.2. The predicted molar refractivity (Wildman–Crippen MR) is 119 cm³/mol. The van der Waals surface area contributed by atoms with Gasteiger partial charge in [-0.3, -0.25) is 0 Å². The van der Waals surface area contributed by atoms with Gasteiger partial charge in [0.1, 0.15) is 0 Å². The van der Waals surface area contributed by atoms with Crippen LogP contribution in [0.4, 0.5) is 36.7 Å². The molecule has 7 nitrogen and oxygen atoms in total. The zero-order valence-corrected chi connectivity index (χ0v) is 18.0. The zero-order chi connectivity index (χ0) is 21.7. The molecule has 0 aliphatic carbocycles. The Bertz CT molecular complexity index is 1080. The van der Waals surface area contributed by atoms with Crippen molar-refractivity contribution in [2.75, 3.05) is 23.1 Å². The Kier molecular flexibility index (Phi) is 8.26. The molecule has 0 radical (unpaired) electrons. The maximum Gasteiger partial charge on any atom is 0.416 e. The smallest absolute Gasteiger partial charge is 0.357 e. The largest absolute Gasteiger partial charge is 0.416 e. The van der Waals surface area contributed by atoms with Crippen molar-refractivity contribution in [1.82, 2.24) is 15.0 Å². The van der Waals surface area contributed by atoms with Crippen LogP contribution in [0.1, 0.15) is 11.1 Å². The summed E-state index contributed by atoms with van der Waals surface area (Å²) in [6.07, 6.45) is -3.02. The van der Waals surface area contributed by atoms with Crippen LogP contribution >= 0.6 is 35.6 Å². The van der Waals surface area contributed by atoms with E-state index in [2.05, 4.69) is 36.1 Å². The van der Waals surface area contributed by atoms with Crippen molar-refractivity contribution in [2.45, 2.75) is 6.18 Å². The van der Waals surface area contributed by atoms with Gasteiger partial charge >= 0.3 is 6.18 Å².